The topological polar surface area (TPSA) is 63.1 Å². The maximum absolute atomic E-state index is 10.8. The molecule has 80 valence electrons. The summed E-state index contributed by atoms with van der Waals surface area (Å²) in [4.78, 5) is 18.5. The van der Waals surface area contributed by atoms with Gasteiger partial charge in [0.2, 0.25) is 0 Å². The molecule has 0 fully saturated rings. The first kappa shape index (κ1) is 10.3. The van der Waals surface area contributed by atoms with Gasteiger partial charge in [-0.15, -0.1) is 0 Å². The van der Waals surface area contributed by atoms with E-state index < -0.39 is 5.97 Å². The van der Waals surface area contributed by atoms with Crippen molar-refractivity contribution < 1.29 is 9.90 Å². The summed E-state index contributed by atoms with van der Waals surface area (Å²) in [6.07, 6.45) is 1.27. The first-order valence-electron chi connectivity index (χ1n) is 4.80. The smallest absolute Gasteiger partial charge is 0.354 e. The van der Waals surface area contributed by atoms with Gasteiger partial charge in [-0.05, 0) is 18.6 Å². The maximum atomic E-state index is 10.8. The van der Waals surface area contributed by atoms with Crippen LogP contribution in [0.5, 0.6) is 0 Å². The van der Waals surface area contributed by atoms with Crippen molar-refractivity contribution in [3.05, 3.63) is 47.9 Å². The summed E-state index contributed by atoms with van der Waals surface area (Å²) < 4.78 is 0. The minimum atomic E-state index is -1.04. The highest BCUT2D eigenvalue weighted by Gasteiger charge is 2.08. The molecule has 1 heterocycles. The molecule has 2 rings (SSSR count). The molecular formula is C12H10N2O2. The Balaban J connectivity index is 2.53. The SMILES string of the molecule is Cc1ccccc1-c1cc(C(=O)O)ncn1. The summed E-state index contributed by atoms with van der Waals surface area (Å²) in [5, 5.41) is 8.84. The Kier molecular flexibility index (Phi) is 2.64. The number of hydrogen-bond acceptors (Lipinski definition) is 3. The van der Waals surface area contributed by atoms with Crippen LogP contribution in [0.1, 0.15) is 16.1 Å². The quantitative estimate of drug-likeness (QED) is 0.831. The van der Waals surface area contributed by atoms with Crippen LogP contribution >= 0.6 is 0 Å². The number of carboxylic acids is 1. The van der Waals surface area contributed by atoms with Gasteiger partial charge < -0.3 is 5.11 Å². The highest BCUT2D eigenvalue weighted by Crippen LogP contribution is 2.20. The largest absolute Gasteiger partial charge is 0.477 e. The van der Waals surface area contributed by atoms with Crippen LogP contribution < -0.4 is 0 Å². The van der Waals surface area contributed by atoms with E-state index in [2.05, 4.69) is 9.97 Å². The molecule has 0 saturated carbocycles. The lowest BCUT2D eigenvalue weighted by Crippen LogP contribution is -2.01. The van der Waals surface area contributed by atoms with Gasteiger partial charge in [0.05, 0.1) is 5.69 Å². The molecule has 2 aromatic rings. The number of aromatic nitrogens is 2. The van der Waals surface area contributed by atoms with E-state index in [1.54, 1.807) is 0 Å². The molecular weight excluding hydrogens is 204 g/mol. The van der Waals surface area contributed by atoms with E-state index in [0.717, 1.165) is 11.1 Å². The van der Waals surface area contributed by atoms with E-state index in [1.807, 2.05) is 31.2 Å². The predicted molar refractivity (Wildman–Crippen MR) is 59.2 cm³/mol. The average molecular weight is 214 g/mol. The summed E-state index contributed by atoms with van der Waals surface area (Å²) in [5.74, 6) is -1.04. The van der Waals surface area contributed by atoms with Gasteiger partial charge in [-0.1, -0.05) is 24.3 Å². The second-order valence-corrected chi connectivity index (χ2v) is 3.41. The standard InChI is InChI=1S/C12H10N2O2/c1-8-4-2-3-5-9(8)10-6-11(12(15)16)14-7-13-10/h2-7H,1H3,(H,15,16). The van der Waals surface area contributed by atoms with E-state index >= 15 is 0 Å². The number of benzene rings is 1. The van der Waals surface area contributed by atoms with E-state index in [0.29, 0.717) is 5.69 Å². The van der Waals surface area contributed by atoms with Crippen LogP contribution in [-0.4, -0.2) is 21.0 Å². The summed E-state index contributed by atoms with van der Waals surface area (Å²) in [6, 6.07) is 9.16. The Hall–Kier alpha value is -2.23. The molecule has 4 heteroatoms. The number of nitrogens with zero attached hydrogens (tertiary/aromatic N) is 2. The molecule has 0 spiro atoms. The van der Waals surface area contributed by atoms with Crippen molar-refractivity contribution in [2.24, 2.45) is 0 Å². The zero-order valence-corrected chi connectivity index (χ0v) is 8.71. The highest BCUT2D eigenvalue weighted by molar-refractivity contribution is 5.86. The van der Waals surface area contributed by atoms with Crippen LogP contribution in [0.15, 0.2) is 36.7 Å². The fourth-order valence-electron chi connectivity index (χ4n) is 1.48. The monoisotopic (exact) mass is 214 g/mol. The number of carbonyl (C=O) groups is 1. The van der Waals surface area contributed by atoms with Gasteiger partial charge in [0.25, 0.3) is 0 Å². The zero-order chi connectivity index (χ0) is 11.5. The number of hydrogen-bond donors (Lipinski definition) is 1. The first-order chi connectivity index (χ1) is 7.68. The maximum Gasteiger partial charge on any atom is 0.354 e. The molecule has 0 bridgehead atoms. The molecule has 0 aliphatic rings. The van der Waals surface area contributed by atoms with Crippen LogP contribution in [0, 0.1) is 6.92 Å². The molecule has 0 unspecified atom stereocenters. The summed E-state index contributed by atoms with van der Waals surface area (Å²) in [7, 11) is 0. The van der Waals surface area contributed by atoms with Crippen molar-refractivity contribution in [1.29, 1.82) is 0 Å². The van der Waals surface area contributed by atoms with E-state index in [4.69, 9.17) is 5.11 Å². The fourth-order valence-corrected chi connectivity index (χ4v) is 1.48. The van der Waals surface area contributed by atoms with Crippen LogP contribution in [-0.2, 0) is 0 Å². The molecule has 1 aromatic heterocycles. The minimum absolute atomic E-state index is 0.00764. The van der Waals surface area contributed by atoms with E-state index in [1.165, 1.54) is 12.4 Å². The number of aromatic carboxylic acids is 1. The lowest BCUT2D eigenvalue weighted by Gasteiger charge is -2.04. The molecule has 0 saturated heterocycles. The van der Waals surface area contributed by atoms with Crippen molar-refractivity contribution in [3.63, 3.8) is 0 Å². The molecule has 4 nitrogen and oxygen atoms in total. The van der Waals surface area contributed by atoms with Crippen molar-refractivity contribution in [2.45, 2.75) is 6.92 Å². The number of rotatable bonds is 2. The van der Waals surface area contributed by atoms with Crippen molar-refractivity contribution >= 4 is 5.97 Å². The van der Waals surface area contributed by atoms with Crippen LogP contribution in [0.25, 0.3) is 11.3 Å². The molecule has 0 amide bonds. The number of carboxylic acid groups (broad SMARTS) is 1. The predicted octanol–water partition coefficient (Wildman–Crippen LogP) is 2.15. The van der Waals surface area contributed by atoms with Gasteiger partial charge in [-0.2, -0.15) is 0 Å². The third kappa shape index (κ3) is 1.91. The molecule has 16 heavy (non-hydrogen) atoms. The zero-order valence-electron chi connectivity index (χ0n) is 8.71. The fraction of sp³-hybridized carbons (Fsp3) is 0.0833. The van der Waals surface area contributed by atoms with Gasteiger partial charge in [0, 0.05) is 5.56 Å². The van der Waals surface area contributed by atoms with Gasteiger partial charge in [0.1, 0.15) is 6.33 Å². The van der Waals surface area contributed by atoms with Crippen molar-refractivity contribution in [2.75, 3.05) is 0 Å². The molecule has 0 radical (unpaired) electrons. The molecule has 1 aromatic carbocycles. The molecule has 0 aliphatic heterocycles. The van der Waals surface area contributed by atoms with Gasteiger partial charge in [-0.3, -0.25) is 0 Å². The normalized spacial score (nSPS) is 10.1. The summed E-state index contributed by atoms with van der Waals surface area (Å²) in [5.41, 5.74) is 2.61. The molecule has 0 atom stereocenters. The van der Waals surface area contributed by atoms with E-state index in [-0.39, 0.29) is 5.69 Å². The van der Waals surface area contributed by atoms with Crippen LogP contribution in [0.3, 0.4) is 0 Å². The van der Waals surface area contributed by atoms with Crippen molar-refractivity contribution in [1.82, 2.24) is 9.97 Å². The second-order valence-electron chi connectivity index (χ2n) is 3.41. The Morgan fingerprint density at radius 1 is 1.25 bits per heavy atom. The number of aryl methyl sites for hydroxylation is 1. The minimum Gasteiger partial charge on any atom is -0.477 e. The summed E-state index contributed by atoms with van der Waals surface area (Å²) in [6.45, 7) is 1.96. The van der Waals surface area contributed by atoms with Crippen LogP contribution in [0.4, 0.5) is 0 Å². The summed E-state index contributed by atoms with van der Waals surface area (Å²) >= 11 is 0. The highest BCUT2D eigenvalue weighted by atomic mass is 16.4. The van der Waals surface area contributed by atoms with E-state index in [9.17, 15) is 4.79 Å². The third-order valence-corrected chi connectivity index (χ3v) is 2.31. The van der Waals surface area contributed by atoms with Gasteiger partial charge >= 0.3 is 5.97 Å². The second kappa shape index (κ2) is 4.10. The first-order valence-corrected chi connectivity index (χ1v) is 4.80. The Labute approximate surface area is 92.6 Å². The Bertz CT molecular complexity index is 538. The van der Waals surface area contributed by atoms with Gasteiger partial charge in [-0.25, -0.2) is 14.8 Å². The average Bonchev–Trinajstić information content (AvgIpc) is 2.30. The lowest BCUT2D eigenvalue weighted by molar-refractivity contribution is 0.0690. The van der Waals surface area contributed by atoms with Crippen molar-refractivity contribution in [3.8, 4) is 11.3 Å². The Morgan fingerprint density at radius 3 is 2.69 bits per heavy atom. The lowest BCUT2D eigenvalue weighted by atomic mass is 10.1. The van der Waals surface area contributed by atoms with Gasteiger partial charge in [0.15, 0.2) is 5.69 Å². The van der Waals surface area contributed by atoms with Crippen LogP contribution in [0.2, 0.25) is 0 Å². The molecule has 1 N–H and O–H groups in total. The Morgan fingerprint density at radius 2 is 2.00 bits per heavy atom. The molecule has 0 aliphatic carbocycles. The third-order valence-electron chi connectivity index (χ3n) is 2.31.